The summed E-state index contributed by atoms with van der Waals surface area (Å²) < 4.78 is 5.51. The molecule has 0 aromatic rings. The van der Waals surface area contributed by atoms with Crippen LogP contribution in [0.4, 0.5) is 0 Å². The zero-order chi connectivity index (χ0) is 24.4. The molecule has 0 heterocycles. The van der Waals surface area contributed by atoms with Gasteiger partial charge < -0.3 is 9.84 Å². The number of esters is 1. The summed E-state index contributed by atoms with van der Waals surface area (Å²) in [5.74, 6) is -1.11. The van der Waals surface area contributed by atoms with Gasteiger partial charge in [-0.1, -0.05) is 116 Å². The Morgan fingerprint density at radius 2 is 1.15 bits per heavy atom. The number of carboxylic acid groups (broad SMARTS) is 1. The molecule has 0 spiro atoms. The van der Waals surface area contributed by atoms with Crippen LogP contribution in [0.2, 0.25) is 0 Å². The summed E-state index contributed by atoms with van der Waals surface area (Å²) in [6, 6.07) is 0. The summed E-state index contributed by atoms with van der Waals surface area (Å²) in [6.45, 7) is 4.46. The number of allylic oxidation sites excluding steroid dienone is 2. The summed E-state index contributed by atoms with van der Waals surface area (Å²) in [5.41, 5.74) is 0. The van der Waals surface area contributed by atoms with Crippen LogP contribution in [0.1, 0.15) is 155 Å². The Bertz CT molecular complexity index is 472. The average molecular weight is 467 g/mol. The van der Waals surface area contributed by atoms with Gasteiger partial charge in [0, 0.05) is 6.42 Å². The molecule has 0 radical (unpaired) electrons. The molecule has 1 unspecified atom stereocenters. The van der Waals surface area contributed by atoms with E-state index < -0.39 is 12.1 Å². The monoisotopic (exact) mass is 466 g/mol. The third-order valence-electron chi connectivity index (χ3n) is 6.22. The zero-order valence-electron chi connectivity index (χ0n) is 22.0. The summed E-state index contributed by atoms with van der Waals surface area (Å²) in [4.78, 5) is 23.3. The van der Waals surface area contributed by atoms with Crippen LogP contribution in [0.25, 0.3) is 0 Å². The highest BCUT2D eigenvalue weighted by Crippen LogP contribution is 2.16. The zero-order valence-corrected chi connectivity index (χ0v) is 22.0. The van der Waals surface area contributed by atoms with Gasteiger partial charge in [-0.2, -0.15) is 0 Å². The second-order valence-electron chi connectivity index (χ2n) is 9.60. The minimum atomic E-state index is -0.885. The topological polar surface area (TPSA) is 63.6 Å². The van der Waals surface area contributed by atoms with Crippen LogP contribution in [-0.4, -0.2) is 23.1 Å². The van der Waals surface area contributed by atoms with Crippen LogP contribution in [0.5, 0.6) is 0 Å². The molecule has 0 rings (SSSR count). The first kappa shape index (κ1) is 31.7. The molecular formula is C29H54O4. The molecule has 1 N–H and O–H groups in total. The molecule has 0 saturated carbocycles. The fraction of sp³-hybridized carbons (Fsp3) is 0.862. The molecule has 0 aromatic heterocycles. The van der Waals surface area contributed by atoms with E-state index in [9.17, 15) is 9.59 Å². The quantitative estimate of drug-likeness (QED) is 0.0827. The number of ether oxygens (including phenoxy) is 1. The lowest BCUT2D eigenvalue weighted by Gasteiger charge is -2.16. The highest BCUT2D eigenvalue weighted by Gasteiger charge is 2.17. The Balaban J connectivity index is 3.73. The molecule has 33 heavy (non-hydrogen) atoms. The van der Waals surface area contributed by atoms with Crippen LogP contribution < -0.4 is 0 Å². The Hall–Kier alpha value is -1.32. The minimum Gasteiger partial charge on any atom is -0.481 e. The molecule has 4 heteroatoms. The Kier molecular flexibility index (Phi) is 24.3. The number of hydrogen-bond donors (Lipinski definition) is 1. The van der Waals surface area contributed by atoms with Crippen LogP contribution in [0.15, 0.2) is 12.2 Å². The minimum absolute atomic E-state index is 0.0738. The SMILES string of the molecule is CCCC/C=C\CCCCCCCCC(=O)OC(CCCCCCCCCCC)CC(=O)O. The van der Waals surface area contributed by atoms with Crippen LogP contribution in [0.3, 0.4) is 0 Å². The number of carboxylic acids is 1. The van der Waals surface area contributed by atoms with Gasteiger partial charge >= 0.3 is 11.9 Å². The standard InChI is InChI=1S/C29H54O4/c1-3-5-7-9-11-13-14-15-17-19-21-23-25-29(32)33-27(26-28(30)31)24-22-20-18-16-12-10-8-6-4-2/h9,11,27H,3-8,10,12-26H2,1-2H3,(H,30,31)/b11-9-. The number of carbonyl (C=O) groups excluding carboxylic acids is 1. The Morgan fingerprint density at radius 1 is 0.667 bits per heavy atom. The first-order valence-electron chi connectivity index (χ1n) is 14.2. The van der Waals surface area contributed by atoms with Crippen LogP contribution in [-0.2, 0) is 14.3 Å². The van der Waals surface area contributed by atoms with E-state index in [0.717, 1.165) is 32.1 Å². The summed E-state index contributed by atoms with van der Waals surface area (Å²) in [5, 5.41) is 9.13. The van der Waals surface area contributed by atoms with Crippen LogP contribution >= 0.6 is 0 Å². The van der Waals surface area contributed by atoms with E-state index in [4.69, 9.17) is 9.84 Å². The fourth-order valence-electron chi connectivity index (χ4n) is 4.12. The van der Waals surface area contributed by atoms with Crippen molar-refractivity contribution in [2.75, 3.05) is 0 Å². The van der Waals surface area contributed by atoms with Gasteiger partial charge in [-0.05, 0) is 38.5 Å². The van der Waals surface area contributed by atoms with Crippen molar-refractivity contribution in [3.63, 3.8) is 0 Å². The number of hydrogen-bond acceptors (Lipinski definition) is 3. The van der Waals surface area contributed by atoms with Gasteiger partial charge in [0.15, 0.2) is 0 Å². The normalized spacial score (nSPS) is 12.3. The van der Waals surface area contributed by atoms with Crippen molar-refractivity contribution in [3.05, 3.63) is 12.2 Å². The maximum atomic E-state index is 12.2. The van der Waals surface area contributed by atoms with E-state index in [1.807, 2.05) is 0 Å². The highest BCUT2D eigenvalue weighted by molar-refractivity contribution is 5.71. The summed E-state index contributed by atoms with van der Waals surface area (Å²) in [7, 11) is 0. The third kappa shape index (κ3) is 25.1. The molecule has 0 aliphatic carbocycles. The van der Waals surface area contributed by atoms with Gasteiger partial charge in [-0.3, -0.25) is 9.59 Å². The van der Waals surface area contributed by atoms with Crippen molar-refractivity contribution < 1.29 is 19.4 Å². The molecule has 0 amide bonds. The number of carbonyl (C=O) groups is 2. The van der Waals surface area contributed by atoms with E-state index >= 15 is 0 Å². The van der Waals surface area contributed by atoms with Gasteiger partial charge in [0.25, 0.3) is 0 Å². The number of aliphatic carboxylic acids is 1. The predicted molar refractivity (Wildman–Crippen MR) is 140 cm³/mol. The smallest absolute Gasteiger partial charge is 0.307 e. The largest absolute Gasteiger partial charge is 0.481 e. The maximum Gasteiger partial charge on any atom is 0.307 e. The molecular weight excluding hydrogens is 412 g/mol. The van der Waals surface area contributed by atoms with Crippen molar-refractivity contribution in [3.8, 4) is 0 Å². The molecule has 1 atom stereocenters. The molecule has 194 valence electrons. The lowest BCUT2D eigenvalue weighted by atomic mass is 10.0. The van der Waals surface area contributed by atoms with E-state index in [0.29, 0.717) is 12.8 Å². The summed E-state index contributed by atoms with van der Waals surface area (Å²) in [6.07, 6.45) is 27.9. The van der Waals surface area contributed by atoms with Crippen molar-refractivity contribution in [1.82, 2.24) is 0 Å². The van der Waals surface area contributed by atoms with Gasteiger partial charge in [-0.25, -0.2) is 0 Å². The fourth-order valence-corrected chi connectivity index (χ4v) is 4.12. The lowest BCUT2D eigenvalue weighted by molar-refractivity contribution is -0.153. The van der Waals surface area contributed by atoms with Crippen molar-refractivity contribution >= 4 is 11.9 Å². The first-order chi connectivity index (χ1) is 16.1. The van der Waals surface area contributed by atoms with E-state index in [-0.39, 0.29) is 12.4 Å². The molecule has 0 aromatic carbocycles. The number of rotatable bonds is 25. The van der Waals surface area contributed by atoms with Gasteiger partial charge in [0.05, 0.1) is 6.42 Å². The third-order valence-corrected chi connectivity index (χ3v) is 6.22. The number of unbranched alkanes of at least 4 members (excludes halogenated alkanes) is 16. The van der Waals surface area contributed by atoms with E-state index in [1.54, 1.807) is 0 Å². The molecule has 4 nitrogen and oxygen atoms in total. The van der Waals surface area contributed by atoms with Gasteiger partial charge in [0.2, 0.25) is 0 Å². The van der Waals surface area contributed by atoms with Gasteiger partial charge in [-0.15, -0.1) is 0 Å². The average Bonchev–Trinajstić information content (AvgIpc) is 2.78. The van der Waals surface area contributed by atoms with Crippen molar-refractivity contribution in [2.45, 2.75) is 161 Å². The molecule has 0 fully saturated rings. The molecule has 0 aliphatic heterocycles. The first-order valence-corrected chi connectivity index (χ1v) is 14.2. The van der Waals surface area contributed by atoms with Crippen LogP contribution in [0, 0.1) is 0 Å². The van der Waals surface area contributed by atoms with Crippen molar-refractivity contribution in [1.29, 1.82) is 0 Å². The summed E-state index contributed by atoms with van der Waals surface area (Å²) >= 11 is 0. The highest BCUT2D eigenvalue weighted by atomic mass is 16.5. The Labute approximate surface area is 204 Å². The van der Waals surface area contributed by atoms with Gasteiger partial charge in [0.1, 0.15) is 6.10 Å². The molecule has 0 aliphatic rings. The van der Waals surface area contributed by atoms with Crippen molar-refractivity contribution in [2.24, 2.45) is 0 Å². The molecule has 0 bridgehead atoms. The second-order valence-corrected chi connectivity index (χ2v) is 9.60. The molecule has 0 saturated heterocycles. The lowest BCUT2D eigenvalue weighted by Crippen LogP contribution is -2.21. The maximum absolute atomic E-state index is 12.2. The Morgan fingerprint density at radius 3 is 1.73 bits per heavy atom. The predicted octanol–water partition coefficient (Wildman–Crippen LogP) is 9.16. The van der Waals surface area contributed by atoms with E-state index in [1.165, 1.54) is 89.9 Å². The van der Waals surface area contributed by atoms with E-state index in [2.05, 4.69) is 26.0 Å². The second kappa shape index (κ2) is 25.3.